The Kier molecular flexibility index (Phi) is 6.15. The van der Waals surface area contributed by atoms with Gasteiger partial charge in [0.1, 0.15) is 0 Å². The van der Waals surface area contributed by atoms with Crippen LogP contribution in [-0.2, 0) is 21.2 Å². The van der Waals surface area contributed by atoms with Crippen LogP contribution in [0.1, 0.15) is 13.3 Å². The monoisotopic (exact) mass is 453 g/mol. The molecule has 1 heterocycles. The van der Waals surface area contributed by atoms with Gasteiger partial charge in [-0.2, -0.15) is 4.99 Å². The van der Waals surface area contributed by atoms with Gasteiger partial charge in [-0.05, 0) is 37.3 Å². The third kappa shape index (κ3) is 4.72. The number of benzene rings is 2. The zero-order valence-electron chi connectivity index (χ0n) is 15.2. The first-order valence-electron chi connectivity index (χ1n) is 8.55. The van der Waals surface area contributed by atoms with Gasteiger partial charge in [-0.15, -0.1) is 0 Å². The van der Waals surface area contributed by atoms with Crippen molar-refractivity contribution in [2.75, 3.05) is 5.75 Å². The van der Waals surface area contributed by atoms with Crippen molar-refractivity contribution >= 4 is 54.6 Å². The molecule has 0 unspecified atom stereocenters. The second-order valence-corrected chi connectivity index (χ2v) is 9.62. The first kappa shape index (κ1) is 21.2. The molecule has 8 nitrogen and oxygen atoms in total. The summed E-state index contributed by atoms with van der Waals surface area (Å²) < 4.78 is 27.2. The summed E-state index contributed by atoms with van der Waals surface area (Å²) in [5, 5.41) is 11.4. The fourth-order valence-electron chi connectivity index (χ4n) is 2.71. The van der Waals surface area contributed by atoms with Crippen LogP contribution in [0, 0.1) is 10.1 Å². The highest BCUT2D eigenvalue weighted by Crippen LogP contribution is 2.23. The van der Waals surface area contributed by atoms with E-state index in [9.17, 15) is 23.3 Å². The summed E-state index contributed by atoms with van der Waals surface area (Å²) in [6.45, 7) is 2.29. The maximum atomic E-state index is 12.4. The standard InChI is InChI=1S/C18H16ClN3O5S2/c1-2-21-15-11-13(22(24)25)5-8-16(15)28-18(21)20-17(23)9-10-29(26,27)14-6-3-12(19)4-7-14/h3-8,11H,2,9-10H2,1H3. The number of thiazole rings is 1. The molecule has 0 aliphatic carbocycles. The molecule has 2 aromatic carbocycles. The molecule has 0 aliphatic heterocycles. The number of amides is 1. The third-order valence-electron chi connectivity index (χ3n) is 4.17. The lowest BCUT2D eigenvalue weighted by Gasteiger charge is -2.03. The Morgan fingerprint density at radius 2 is 1.93 bits per heavy atom. The lowest BCUT2D eigenvalue weighted by Crippen LogP contribution is -2.17. The molecule has 3 rings (SSSR count). The Hall–Kier alpha value is -2.56. The Balaban J connectivity index is 1.86. The number of nitro groups is 1. The van der Waals surface area contributed by atoms with Crippen molar-refractivity contribution in [3.8, 4) is 0 Å². The molecule has 0 N–H and O–H groups in total. The van der Waals surface area contributed by atoms with Gasteiger partial charge < -0.3 is 4.57 Å². The molecule has 29 heavy (non-hydrogen) atoms. The first-order valence-corrected chi connectivity index (χ1v) is 11.4. The lowest BCUT2D eigenvalue weighted by molar-refractivity contribution is -0.384. The van der Waals surface area contributed by atoms with Crippen LogP contribution in [0.25, 0.3) is 10.2 Å². The summed E-state index contributed by atoms with van der Waals surface area (Å²) in [5.74, 6) is -0.954. The van der Waals surface area contributed by atoms with Crippen LogP contribution in [0.15, 0.2) is 52.4 Å². The highest BCUT2D eigenvalue weighted by Gasteiger charge is 2.17. The molecule has 0 spiro atoms. The van der Waals surface area contributed by atoms with Crippen LogP contribution >= 0.6 is 22.9 Å². The van der Waals surface area contributed by atoms with E-state index in [1.165, 1.54) is 47.7 Å². The average Bonchev–Trinajstić information content (AvgIpc) is 3.02. The lowest BCUT2D eigenvalue weighted by atomic mass is 10.3. The van der Waals surface area contributed by atoms with Crippen molar-refractivity contribution in [3.63, 3.8) is 0 Å². The summed E-state index contributed by atoms with van der Waals surface area (Å²) in [6, 6.07) is 10.2. The zero-order chi connectivity index (χ0) is 21.2. The van der Waals surface area contributed by atoms with E-state index in [1.807, 2.05) is 6.92 Å². The van der Waals surface area contributed by atoms with E-state index < -0.39 is 20.7 Å². The van der Waals surface area contributed by atoms with E-state index in [0.717, 1.165) is 4.70 Å². The van der Waals surface area contributed by atoms with Gasteiger partial charge in [0.2, 0.25) is 5.91 Å². The number of carbonyl (C=O) groups is 1. The molecule has 152 valence electrons. The summed E-state index contributed by atoms with van der Waals surface area (Å²) in [6.07, 6.45) is -0.275. The Labute approximate surface area is 175 Å². The number of rotatable bonds is 6. The van der Waals surface area contributed by atoms with Gasteiger partial charge in [0.05, 0.1) is 25.8 Å². The van der Waals surface area contributed by atoms with Gasteiger partial charge >= 0.3 is 0 Å². The van der Waals surface area contributed by atoms with Crippen molar-refractivity contribution in [2.24, 2.45) is 4.99 Å². The maximum absolute atomic E-state index is 12.4. The predicted octanol–water partition coefficient (Wildman–Crippen LogP) is 3.58. The minimum Gasteiger partial charge on any atom is -0.316 e. The van der Waals surface area contributed by atoms with Crippen molar-refractivity contribution in [3.05, 3.63) is 62.4 Å². The highest BCUT2D eigenvalue weighted by molar-refractivity contribution is 7.91. The summed E-state index contributed by atoms with van der Waals surface area (Å²) in [4.78, 5) is 27.3. The fourth-order valence-corrected chi connectivity index (χ4v) is 5.15. The van der Waals surface area contributed by atoms with Gasteiger partial charge in [-0.3, -0.25) is 14.9 Å². The molecule has 1 aromatic heterocycles. The molecule has 0 saturated carbocycles. The van der Waals surface area contributed by atoms with Gasteiger partial charge in [0.15, 0.2) is 14.6 Å². The number of nitro benzene ring substituents is 1. The molecule has 0 fully saturated rings. The molecule has 1 amide bonds. The smallest absolute Gasteiger partial charge is 0.271 e. The zero-order valence-corrected chi connectivity index (χ0v) is 17.6. The van der Waals surface area contributed by atoms with Gasteiger partial charge in [0.25, 0.3) is 5.69 Å². The topological polar surface area (TPSA) is 112 Å². The van der Waals surface area contributed by atoms with Crippen LogP contribution in [-0.4, -0.2) is 29.6 Å². The minimum absolute atomic E-state index is 0.0514. The largest absolute Gasteiger partial charge is 0.316 e. The van der Waals surface area contributed by atoms with E-state index >= 15 is 0 Å². The second kappa shape index (κ2) is 8.44. The van der Waals surface area contributed by atoms with E-state index in [2.05, 4.69) is 4.99 Å². The Bertz CT molecular complexity index is 1260. The van der Waals surface area contributed by atoms with Crippen molar-refractivity contribution in [1.29, 1.82) is 0 Å². The number of aryl methyl sites for hydroxylation is 1. The van der Waals surface area contributed by atoms with Crippen LogP contribution < -0.4 is 4.80 Å². The molecule has 0 saturated heterocycles. The van der Waals surface area contributed by atoms with Crippen LogP contribution in [0.3, 0.4) is 0 Å². The van der Waals surface area contributed by atoms with Crippen LogP contribution in [0.2, 0.25) is 5.02 Å². The number of nitrogens with zero attached hydrogens (tertiary/aromatic N) is 3. The Morgan fingerprint density at radius 3 is 2.55 bits per heavy atom. The minimum atomic E-state index is -3.64. The van der Waals surface area contributed by atoms with Crippen LogP contribution in [0.5, 0.6) is 0 Å². The highest BCUT2D eigenvalue weighted by atomic mass is 35.5. The van der Waals surface area contributed by atoms with Crippen molar-refractivity contribution in [1.82, 2.24) is 4.57 Å². The number of carbonyl (C=O) groups excluding carboxylic acids is 1. The molecule has 0 radical (unpaired) electrons. The molecule has 0 aliphatic rings. The van der Waals surface area contributed by atoms with E-state index in [0.29, 0.717) is 21.9 Å². The van der Waals surface area contributed by atoms with E-state index in [-0.39, 0.29) is 22.8 Å². The number of fused-ring (bicyclic) bond motifs is 1. The summed E-state index contributed by atoms with van der Waals surface area (Å²) >= 11 is 6.98. The molecule has 0 bridgehead atoms. The number of aromatic nitrogens is 1. The van der Waals surface area contributed by atoms with E-state index in [4.69, 9.17) is 11.6 Å². The number of halogens is 1. The molecular weight excluding hydrogens is 438 g/mol. The summed E-state index contributed by atoms with van der Waals surface area (Å²) in [7, 11) is -3.64. The predicted molar refractivity (Wildman–Crippen MR) is 111 cm³/mol. The molecule has 11 heteroatoms. The number of non-ortho nitro benzene ring substituents is 1. The van der Waals surface area contributed by atoms with Crippen LogP contribution in [0.4, 0.5) is 5.69 Å². The second-order valence-electron chi connectivity index (χ2n) is 6.07. The van der Waals surface area contributed by atoms with Crippen molar-refractivity contribution < 1.29 is 18.1 Å². The molecule has 3 aromatic rings. The number of hydrogen-bond acceptors (Lipinski definition) is 6. The quantitative estimate of drug-likeness (QED) is 0.418. The number of hydrogen-bond donors (Lipinski definition) is 0. The summed E-state index contributed by atoms with van der Waals surface area (Å²) in [5.41, 5.74) is 0.552. The van der Waals surface area contributed by atoms with Gasteiger partial charge in [-0.1, -0.05) is 22.9 Å². The maximum Gasteiger partial charge on any atom is 0.271 e. The molecule has 0 atom stereocenters. The number of sulfone groups is 1. The third-order valence-corrected chi connectivity index (χ3v) is 7.21. The average molecular weight is 454 g/mol. The Morgan fingerprint density at radius 1 is 1.24 bits per heavy atom. The van der Waals surface area contributed by atoms with E-state index in [1.54, 1.807) is 10.6 Å². The first-order chi connectivity index (χ1) is 13.7. The SMILES string of the molecule is CCn1c(=NC(=O)CCS(=O)(=O)c2ccc(Cl)cc2)sc2ccc([N+](=O)[O-])cc21. The fraction of sp³-hybridized carbons (Fsp3) is 0.222. The van der Waals surface area contributed by atoms with Gasteiger partial charge in [0, 0.05) is 30.1 Å². The van der Waals surface area contributed by atoms with Crippen molar-refractivity contribution in [2.45, 2.75) is 24.8 Å². The molecular formula is C18H16ClN3O5S2. The normalized spacial score (nSPS) is 12.4. The van der Waals surface area contributed by atoms with Gasteiger partial charge in [-0.25, -0.2) is 8.42 Å².